The first-order chi connectivity index (χ1) is 16.0. The molecule has 0 aliphatic carbocycles. The fraction of sp³-hybridized carbons (Fsp3) is 0.542. The molecule has 0 bridgehead atoms. The van der Waals surface area contributed by atoms with Crippen molar-refractivity contribution in [1.29, 1.82) is 0 Å². The van der Waals surface area contributed by atoms with Crippen molar-refractivity contribution in [3.05, 3.63) is 47.3 Å². The number of likely N-dealkylation sites (tertiary alicyclic amines) is 1. The molecule has 186 valence electrons. The molecule has 0 unspecified atom stereocenters. The second kappa shape index (κ2) is 8.79. The fourth-order valence-corrected chi connectivity index (χ4v) is 5.11. The summed E-state index contributed by atoms with van der Waals surface area (Å²) < 4.78 is 68.5. The maximum absolute atomic E-state index is 15.9. The molecule has 1 aromatic carbocycles. The summed E-state index contributed by atoms with van der Waals surface area (Å²) in [5, 5.41) is 0. The van der Waals surface area contributed by atoms with Gasteiger partial charge in [0.05, 0.1) is 25.3 Å². The third kappa shape index (κ3) is 4.01. The molecule has 1 saturated heterocycles. The van der Waals surface area contributed by atoms with Gasteiger partial charge in [-0.3, -0.25) is 9.69 Å². The van der Waals surface area contributed by atoms with Crippen LogP contribution in [0.5, 0.6) is 11.5 Å². The average molecular weight is 484 g/mol. The SMILES string of the molecule is COc1cc(C(=O)N2CC[C@@]3(c4ccc(C(F)(F)F)n4CCN3C)[C@H](F)C2)ccc1OC(C)C. The summed E-state index contributed by atoms with van der Waals surface area (Å²) in [7, 11) is 3.20. The number of carbonyl (C=O) groups is 1. The van der Waals surface area contributed by atoms with Crippen molar-refractivity contribution in [3.8, 4) is 11.5 Å². The van der Waals surface area contributed by atoms with Crippen LogP contribution >= 0.6 is 0 Å². The second-order valence-corrected chi connectivity index (χ2v) is 9.10. The van der Waals surface area contributed by atoms with E-state index >= 15 is 4.39 Å². The zero-order valence-electron chi connectivity index (χ0n) is 19.7. The fourth-order valence-electron chi connectivity index (χ4n) is 5.11. The van der Waals surface area contributed by atoms with Gasteiger partial charge < -0.3 is 18.9 Å². The van der Waals surface area contributed by atoms with Gasteiger partial charge in [0, 0.05) is 30.9 Å². The number of hydrogen-bond donors (Lipinski definition) is 0. The number of amides is 1. The number of hydrogen-bond acceptors (Lipinski definition) is 4. The Morgan fingerprint density at radius 2 is 1.85 bits per heavy atom. The van der Waals surface area contributed by atoms with Gasteiger partial charge >= 0.3 is 6.18 Å². The van der Waals surface area contributed by atoms with Crippen LogP contribution in [0.15, 0.2) is 30.3 Å². The summed E-state index contributed by atoms with van der Waals surface area (Å²) in [5.74, 6) is 0.533. The van der Waals surface area contributed by atoms with Crippen LogP contribution in [0.2, 0.25) is 0 Å². The van der Waals surface area contributed by atoms with Crippen molar-refractivity contribution >= 4 is 5.91 Å². The van der Waals surface area contributed by atoms with Crippen molar-refractivity contribution in [2.75, 3.05) is 33.8 Å². The van der Waals surface area contributed by atoms with Gasteiger partial charge in [-0.1, -0.05) is 0 Å². The third-order valence-electron chi connectivity index (χ3n) is 6.78. The van der Waals surface area contributed by atoms with E-state index in [1.165, 1.54) is 22.6 Å². The maximum Gasteiger partial charge on any atom is 0.431 e. The summed E-state index contributed by atoms with van der Waals surface area (Å²) >= 11 is 0. The Kier molecular flexibility index (Phi) is 6.30. The lowest BCUT2D eigenvalue weighted by atomic mass is 9.79. The number of fused-ring (bicyclic) bond motifs is 2. The molecular formula is C24H29F4N3O3. The molecule has 2 aliphatic heterocycles. The molecule has 0 radical (unpaired) electrons. The Labute approximate surface area is 196 Å². The predicted molar refractivity (Wildman–Crippen MR) is 118 cm³/mol. The minimum absolute atomic E-state index is 0.0784. The maximum atomic E-state index is 15.9. The van der Waals surface area contributed by atoms with E-state index in [0.717, 1.165) is 6.07 Å². The standard InChI is InChI=1S/C24H29F4N3O3/c1-15(2)34-17-6-5-16(13-18(17)33-4)22(32)30-10-9-23(19(25)14-30)20-7-8-21(24(26,27)28)31(20)12-11-29(23)3/h5-8,13,15,19H,9-12,14H2,1-4H3/t19-,23+/m1/s1. The van der Waals surface area contributed by atoms with Gasteiger partial charge in [-0.05, 0) is 57.6 Å². The minimum Gasteiger partial charge on any atom is -0.493 e. The second-order valence-electron chi connectivity index (χ2n) is 9.10. The molecule has 2 atom stereocenters. The molecule has 3 heterocycles. The number of rotatable bonds is 4. The molecule has 10 heteroatoms. The number of alkyl halides is 4. The first-order valence-electron chi connectivity index (χ1n) is 11.3. The summed E-state index contributed by atoms with van der Waals surface area (Å²) in [5.41, 5.74) is -1.34. The Balaban J connectivity index is 1.59. The highest BCUT2D eigenvalue weighted by Crippen LogP contribution is 2.45. The molecule has 0 saturated carbocycles. The lowest BCUT2D eigenvalue weighted by Gasteiger charge is -2.52. The number of nitrogens with zero attached hydrogens (tertiary/aromatic N) is 3. The third-order valence-corrected chi connectivity index (χ3v) is 6.78. The molecule has 2 aliphatic rings. The van der Waals surface area contributed by atoms with E-state index in [1.807, 2.05) is 13.8 Å². The monoisotopic (exact) mass is 483 g/mol. The van der Waals surface area contributed by atoms with Gasteiger partial charge in [-0.25, -0.2) is 4.39 Å². The van der Waals surface area contributed by atoms with E-state index in [-0.39, 0.29) is 44.6 Å². The lowest BCUT2D eigenvalue weighted by molar-refractivity contribution is -0.145. The number of halogens is 4. The summed E-state index contributed by atoms with van der Waals surface area (Å²) in [6.07, 6.45) is -5.97. The Bertz CT molecular complexity index is 1070. The van der Waals surface area contributed by atoms with E-state index in [1.54, 1.807) is 30.1 Å². The number of likely N-dealkylation sites (N-methyl/N-ethyl adjacent to an activating group) is 1. The smallest absolute Gasteiger partial charge is 0.431 e. The number of methoxy groups -OCH3 is 1. The lowest BCUT2D eigenvalue weighted by Crippen LogP contribution is -2.63. The molecule has 1 fully saturated rings. The van der Waals surface area contributed by atoms with E-state index < -0.39 is 23.6 Å². The van der Waals surface area contributed by atoms with Crippen molar-refractivity contribution in [3.63, 3.8) is 0 Å². The van der Waals surface area contributed by atoms with E-state index in [0.29, 0.717) is 22.8 Å². The molecule has 1 amide bonds. The van der Waals surface area contributed by atoms with E-state index in [2.05, 4.69) is 0 Å². The number of ether oxygens (including phenoxy) is 2. The van der Waals surface area contributed by atoms with Gasteiger partial charge in [-0.15, -0.1) is 0 Å². The Hall–Kier alpha value is -2.75. The van der Waals surface area contributed by atoms with Crippen molar-refractivity contribution in [2.24, 2.45) is 0 Å². The predicted octanol–water partition coefficient (Wildman–Crippen LogP) is 4.33. The van der Waals surface area contributed by atoms with Crippen molar-refractivity contribution in [2.45, 2.75) is 50.8 Å². The largest absolute Gasteiger partial charge is 0.493 e. The Morgan fingerprint density at radius 1 is 1.12 bits per heavy atom. The molecule has 0 N–H and O–H groups in total. The van der Waals surface area contributed by atoms with Crippen molar-refractivity contribution in [1.82, 2.24) is 14.4 Å². The van der Waals surface area contributed by atoms with Crippen molar-refractivity contribution < 1.29 is 31.8 Å². The van der Waals surface area contributed by atoms with Gasteiger partial charge in [0.25, 0.3) is 5.91 Å². The van der Waals surface area contributed by atoms with Gasteiger partial charge in [-0.2, -0.15) is 13.2 Å². The normalized spacial score (nSPS) is 23.3. The number of piperidine rings is 1. The molecule has 1 aromatic heterocycles. The van der Waals surface area contributed by atoms with Gasteiger partial charge in [0.2, 0.25) is 0 Å². The van der Waals surface area contributed by atoms with Crippen LogP contribution in [-0.4, -0.2) is 66.3 Å². The first kappa shape index (κ1) is 24.4. The molecule has 2 aromatic rings. The van der Waals surface area contributed by atoms with E-state index in [4.69, 9.17) is 9.47 Å². The summed E-state index contributed by atoms with van der Waals surface area (Å²) in [4.78, 5) is 16.4. The first-order valence-corrected chi connectivity index (χ1v) is 11.3. The zero-order chi connectivity index (χ0) is 24.8. The molecule has 1 spiro atoms. The summed E-state index contributed by atoms with van der Waals surface area (Å²) in [6, 6.07) is 7.21. The molecule has 34 heavy (non-hydrogen) atoms. The van der Waals surface area contributed by atoms with Crippen LogP contribution < -0.4 is 9.47 Å². The highest BCUT2D eigenvalue weighted by molar-refractivity contribution is 5.95. The number of aromatic nitrogens is 1. The molecule has 4 rings (SSSR count). The zero-order valence-corrected chi connectivity index (χ0v) is 19.7. The number of carbonyl (C=O) groups excluding carboxylic acids is 1. The minimum atomic E-state index is -4.51. The topological polar surface area (TPSA) is 46.9 Å². The van der Waals surface area contributed by atoms with Crippen LogP contribution in [0.25, 0.3) is 0 Å². The average Bonchev–Trinajstić information content (AvgIpc) is 3.22. The number of benzene rings is 1. The highest BCUT2D eigenvalue weighted by atomic mass is 19.4. The summed E-state index contributed by atoms with van der Waals surface area (Å²) in [6.45, 7) is 4.16. The molecule has 6 nitrogen and oxygen atoms in total. The van der Waals surface area contributed by atoms with Gasteiger partial charge in [0.1, 0.15) is 11.9 Å². The molecular weight excluding hydrogens is 454 g/mol. The quantitative estimate of drug-likeness (QED) is 0.608. The van der Waals surface area contributed by atoms with Crippen LogP contribution in [-0.2, 0) is 18.3 Å². The Morgan fingerprint density at radius 3 is 2.47 bits per heavy atom. The van der Waals surface area contributed by atoms with Crippen LogP contribution in [0, 0.1) is 0 Å². The van der Waals surface area contributed by atoms with Crippen LogP contribution in [0.4, 0.5) is 17.6 Å². The highest BCUT2D eigenvalue weighted by Gasteiger charge is 2.53. The van der Waals surface area contributed by atoms with Crippen LogP contribution in [0.1, 0.15) is 42.0 Å². The van der Waals surface area contributed by atoms with Gasteiger partial charge in [0.15, 0.2) is 11.5 Å². The van der Waals surface area contributed by atoms with Crippen LogP contribution in [0.3, 0.4) is 0 Å². The van der Waals surface area contributed by atoms with E-state index in [9.17, 15) is 18.0 Å².